The predicted molar refractivity (Wildman–Crippen MR) is 77.3 cm³/mol. The van der Waals surface area contributed by atoms with Crippen molar-refractivity contribution in [3.05, 3.63) is 27.4 Å². The van der Waals surface area contributed by atoms with Gasteiger partial charge in [0, 0.05) is 18.3 Å². The van der Waals surface area contributed by atoms with Gasteiger partial charge in [-0.3, -0.25) is 14.5 Å². The molecular formula is C14H19F3N4O2. The highest BCUT2D eigenvalue weighted by molar-refractivity contribution is 5.92. The van der Waals surface area contributed by atoms with E-state index < -0.39 is 29.7 Å². The summed E-state index contributed by atoms with van der Waals surface area (Å²) < 4.78 is 38.4. The zero-order valence-electron chi connectivity index (χ0n) is 13.1. The van der Waals surface area contributed by atoms with Gasteiger partial charge in [0.1, 0.15) is 6.04 Å². The second kappa shape index (κ2) is 6.31. The van der Waals surface area contributed by atoms with Crippen molar-refractivity contribution in [1.29, 1.82) is 0 Å². The number of aromatic nitrogens is 2. The number of nitrogens with one attached hydrogen (secondary N) is 2. The zero-order valence-corrected chi connectivity index (χ0v) is 13.1. The monoisotopic (exact) mass is 332 g/mol. The Labute approximate surface area is 131 Å². The van der Waals surface area contributed by atoms with E-state index in [1.165, 1.54) is 11.9 Å². The summed E-state index contributed by atoms with van der Waals surface area (Å²) in [6, 6.07) is -1.95. The van der Waals surface area contributed by atoms with Crippen molar-refractivity contribution in [1.82, 2.24) is 20.2 Å². The van der Waals surface area contributed by atoms with E-state index in [-0.39, 0.29) is 25.1 Å². The van der Waals surface area contributed by atoms with E-state index in [0.717, 1.165) is 0 Å². The lowest BCUT2D eigenvalue weighted by Gasteiger charge is -2.38. The second-order valence-electron chi connectivity index (χ2n) is 5.87. The first kappa shape index (κ1) is 17.5. The molecule has 1 aliphatic heterocycles. The summed E-state index contributed by atoms with van der Waals surface area (Å²) in [7, 11) is 1.37. The van der Waals surface area contributed by atoms with E-state index in [9.17, 15) is 22.8 Å². The van der Waals surface area contributed by atoms with Crippen LogP contribution < -0.4 is 10.9 Å². The van der Waals surface area contributed by atoms with Gasteiger partial charge in [0.15, 0.2) is 5.69 Å². The van der Waals surface area contributed by atoms with Gasteiger partial charge in [-0.25, -0.2) is 4.98 Å². The Hall–Kier alpha value is -1.90. The molecule has 2 heterocycles. The number of carbonyl (C=O) groups is 1. The van der Waals surface area contributed by atoms with E-state index >= 15 is 0 Å². The number of amides is 1. The molecule has 1 saturated heterocycles. The summed E-state index contributed by atoms with van der Waals surface area (Å²) in [6.07, 6.45) is -4.18. The standard InChI is InChI=1S/C14H19F3N4O2/c1-7-8(2)19-12(22)11(18-7)13(23)20-9-4-5-10(14(15,16)17)21(3)6-9/h9-10H,4-6H2,1-3H3,(H,19,22)(H,20,23). The Morgan fingerprint density at radius 1 is 1.35 bits per heavy atom. The lowest BCUT2D eigenvalue weighted by molar-refractivity contribution is -0.188. The van der Waals surface area contributed by atoms with Crippen molar-refractivity contribution in [3.63, 3.8) is 0 Å². The number of alkyl halides is 3. The van der Waals surface area contributed by atoms with Crippen LogP contribution in [0.5, 0.6) is 0 Å². The molecule has 2 rings (SSSR count). The fourth-order valence-electron chi connectivity index (χ4n) is 2.71. The molecule has 0 aromatic carbocycles. The van der Waals surface area contributed by atoms with E-state index in [0.29, 0.717) is 11.4 Å². The van der Waals surface area contributed by atoms with Crippen molar-refractivity contribution in [2.24, 2.45) is 0 Å². The summed E-state index contributed by atoms with van der Waals surface area (Å²) in [6.45, 7) is 3.39. The molecule has 0 aliphatic carbocycles. The lowest BCUT2D eigenvalue weighted by Crippen LogP contribution is -2.55. The maximum absolute atomic E-state index is 12.8. The molecule has 1 aromatic heterocycles. The molecule has 9 heteroatoms. The molecule has 1 aliphatic rings. The number of hydrogen-bond acceptors (Lipinski definition) is 4. The number of piperidine rings is 1. The Balaban J connectivity index is 2.05. The van der Waals surface area contributed by atoms with E-state index in [1.807, 2.05) is 0 Å². The Morgan fingerprint density at radius 3 is 2.57 bits per heavy atom. The minimum atomic E-state index is -4.28. The van der Waals surface area contributed by atoms with Crippen LogP contribution in [0.15, 0.2) is 4.79 Å². The van der Waals surface area contributed by atoms with Crippen molar-refractivity contribution >= 4 is 5.91 Å². The summed E-state index contributed by atoms with van der Waals surface area (Å²) in [5.41, 5.74) is 0.209. The molecule has 6 nitrogen and oxygen atoms in total. The van der Waals surface area contributed by atoms with Crippen LogP contribution in [-0.4, -0.2) is 52.6 Å². The molecule has 0 bridgehead atoms. The number of halogens is 3. The fourth-order valence-corrected chi connectivity index (χ4v) is 2.71. The van der Waals surface area contributed by atoms with Gasteiger partial charge in [0.2, 0.25) is 0 Å². The maximum atomic E-state index is 12.8. The number of rotatable bonds is 2. The number of likely N-dealkylation sites (tertiary alicyclic amines) is 1. The Morgan fingerprint density at radius 2 is 2.00 bits per heavy atom. The first-order chi connectivity index (χ1) is 10.6. The number of aryl methyl sites for hydroxylation is 2. The summed E-state index contributed by atoms with van der Waals surface area (Å²) in [4.78, 5) is 31.6. The van der Waals surface area contributed by atoms with Crippen molar-refractivity contribution < 1.29 is 18.0 Å². The van der Waals surface area contributed by atoms with Crippen LogP contribution in [0, 0.1) is 13.8 Å². The highest BCUT2D eigenvalue weighted by atomic mass is 19.4. The van der Waals surface area contributed by atoms with Crippen LogP contribution >= 0.6 is 0 Å². The van der Waals surface area contributed by atoms with Gasteiger partial charge in [-0.1, -0.05) is 0 Å². The summed E-state index contributed by atoms with van der Waals surface area (Å²) >= 11 is 0. The van der Waals surface area contributed by atoms with E-state index in [1.54, 1.807) is 13.8 Å². The molecular weight excluding hydrogens is 313 g/mol. The van der Waals surface area contributed by atoms with Gasteiger partial charge in [-0.15, -0.1) is 0 Å². The van der Waals surface area contributed by atoms with Gasteiger partial charge in [-0.05, 0) is 33.7 Å². The molecule has 1 fully saturated rings. The fraction of sp³-hybridized carbons (Fsp3) is 0.643. The topological polar surface area (TPSA) is 78.1 Å². The van der Waals surface area contributed by atoms with Crippen LogP contribution in [0.3, 0.4) is 0 Å². The van der Waals surface area contributed by atoms with Crippen LogP contribution in [0.4, 0.5) is 13.2 Å². The number of hydrogen-bond donors (Lipinski definition) is 2. The number of likely N-dealkylation sites (N-methyl/N-ethyl adjacent to an activating group) is 1. The summed E-state index contributed by atoms with van der Waals surface area (Å²) in [5, 5.41) is 2.59. The maximum Gasteiger partial charge on any atom is 0.404 e. The third-order valence-electron chi connectivity index (χ3n) is 4.10. The average Bonchev–Trinajstić information content (AvgIpc) is 2.41. The molecule has 0 saturated carbocycles. The van der Waals surface area contributed by atoms with Crippen molar-refractivity contribution in [3.8, 4) is 0 Å². The SMILES string of the molecule is Cc1nc(C(=O)NC2CCC(C(F)(F)F)N(C)C2)c(=O)[nH]c1C. The van der Waals surface area contributed by atoms with E-state index in [2.05, 4.69) is 15.3 Å². The molecule has 128 valence electrons. The second-order valence-corrected chi connectivity index (χ2v) is 5.87. The van der Waals surface area contributed by atoms with Crippen LogP contribution in [0.25, 0.3) is 0 Å². The van der Waals surface area contributed by atoms with Gasteiger partial charge in [0.25, 0.3) is 11.5 Å². The van der Waals surface area contributed by atoms with Gasteiger partial charge < -0.3 is 10.3 Å². The van der Waals surface area contributed by atoms with E-state index in [4.69, 9.17) is 0 Å². The third-order valence-corrected chi connectivity index (χ3v) is 4.10. The average molecular weight is 332 g/mol. The quantitative estimate of drug-likeness (QED) is 0.851. The molecule has 1 amide bonds. The van der Waals surface area contributed by atoms with Crippen LogP contribution in [0.2, 0.25) is 0 Å². The minimum absolute atomic E-state index is 0.0681. The van der Waals surface area contributed by atoms with Crippen LogP contribution in [-0.2, 0) is 0 Å². The Kier molecular flexibility index (Phi) is 4.79. The molecule has 2 N–H and O–H groups in total. The van der Waals surface area contributed by atoms with Crippen molar-refractivity contribution in [2.45, 2.75) is 44.9 Å². The first-order valence-electron chi connectivity index (χ1n) is 7.25. The third kappa shape index (κ3) is 3.90. The molecule has 2 atom stereocenters. The highest BCUT2D eigenvalue weighted by Crippen LogP contribution is 2.30. The number of H-pyrrole nitrogens is 1. The molecule has 0 radical (unpaired) electrons. The highest BCUT2D eigenvalue weighted by Gasteiger charge is 2.45. The molecule has 23 heavy (non-hydrogen) atoms. The molecule has 2 unspecified atom stereocenters. The largest absolute Gasteiger partial charge is 0.404 e. The lowest BCUT2D eigenvalue weighted by atomic mass is 9.98. The number of nitrogens with zero attached hydrogens (tertiary/aromatic N) is 2. The summed E-state index contributed by atoms with van der Waals surface area (Å²) in [5.74, 6) is -0.668. The molecule has 0 spiro atoms. The first-order valence-corrected chi connectivity index (χ1v) is 7.25. The smallest absolute Gasteiger partial charge is 0.346 e. The van der Waals surface area contributed by atoms with Crippen molar-refractivity contribution in [2.75, 3.05) is 13.6 Å². The minimum Gasteiger partial charge on any atom is -0.346 e. The Bertz CT molecular complexity index is 656. The number of aromatic amines is 1. The predicted octanol–water partition coefficient (Wildman–Crippen LogP) is 1.14. The zero-order chi connectivity index (χ0) is 17.4. The van der Waals surface area contributed by atoms with Gasteiger partial charge >= 0.3 is 6.18 Å². The number of carbonyl (C=O) groups excluding carboxylic acids is 1. The van der Waals surface area contributed by atoms with Gasteiger partial charge in [-0.2, -0.15) is 13.2 Å². The van der Waals surface area contributed by atoms with Crippen LogP contribution in [0.1, 0.15) is 34.7 Å². The van der Waals surface area contributed by atoms with Gasteiger partial charge in [0.05, 0.1) is 5.69 Å². The molecule has 1 aromatic rings. The normalized spacial score (nSPS) is 22.9.